The molecule has 0 amide bonds. The fraction of sp³-hybridized carbons (Fsp3) is 0.458. The van der Waals surface area contributed by atoms with Gasteiger partial charge < -0.3 is 24.8 Å². The molecule has 1 aliphatic rings. The molecule has 30 heavy (non-hydrogen) atoms. The molecule has 0 aromatic heterocycles. The van der Waals surface area contributed by atoms with Crippen molar-refractivity contribution in [2.24, 2.45) is 4.99 Å². The van der Waals surface area contributed by atoms with E-state index in [0.717, 1.165) is 49.1 Å². The first-order valence-corrected chi connectivity index (χ1v) is 10.7. The van der Waals surface area contributed by atoms with Gasteiger partial charge in [0, 0.05) is 31.7 Å². The van der Waals surface area contributed by atoms with E-state index in [0.29, 0.717) is 25.7 Å². The predicted octanol–water partition coefficient (Wildman–Crippen LogP) is 3.64. The molecule has 6 heteroatoms. The Kier molecular flexibility index (Phi) is 8.39. The summed E-state index contributed by atoms with van der Waals surface area (Å²) in [5.41, 5.74) is 3.49. The summed E-state index contributed by atoms with van der Waals surface area (Å²) < 4.78 is 16.8. The number of fused-ring (bicyclic) bond motifs is 1. The third kappa shape index (κ3) is 6.13. The summed E-state index contributed by atoms with van der Waals surface area (Å²) >= 11 is 0. The average Bonchev–Trinajstić information content (AvgIpc) is 2.77. The van der Waals surface area contributed by atoms with Gasteiger partial charge in [0.05, 0.1) is 19.8 Å². The number of aliphatic imine (C=N–C) groups is 1. The van der Waals surface area contributed by atoms with Gasteiger partial charge >= 0.3 is 0 Å². The molecule has 3 rings (SSSR count). The Morgan fingerprint density at radius 1 is 1.17 bits per heavy atom. The van der Waals surface area contributed by atoms with Crippen molar-refractivity contribution in [2.75, 3.05) is 40.0 Å². The molecule has 1 unspecified atom stereocenters. The van der Waals surface area contributed by atoms with Gasteiger partial charge in [0.15, 0.2) is 5.96 Å². The first-order chi connectivity index (χ1) is 14.7. The number of aryl methyl sites for hydroxylation is 1. The Hall–Kier alpha value is -2.73. The Labute approximate surface area is 179 Å². The number of ether oxygens (including phenoxy) is 3. The monoisotopic (exact) mass is 411 g/mol. The minimum atomic E-state index is 0.408. The first-order valence-electron chi connectivity index (χ1n) is 10.7. The van der Waals surface area contributed by atoms with Crippen LogP contribution in [0.25, 0.3) is 0 Å². The lowest BCUT2D eigenvalue weighted by Gasteiger charge is -2.26. The third-order valence-electron chi connectivity index (χ3n) is 5.12. The highest BCUT2D eigenvalue weighted by molar-refractivity contribution is 5.79. The van der Waals surface area contributed by atoms with Gasteiger partial charge in [0.25, 0.3) is 0 Å². The number of benzene rings is 2. The van der Waals surface area contributed by atoms with Crippen molar-refractivity contribution in [1.29, 1.82) is 0 Å². The van der Waals surface area contributed by atoms with Gasteiger partial charge in [0.2, 0.25) is 0 Å². The van der Waals surface area contributed by atoms with E-state index in [1.807, 2.05) is 12.1 Å². The average molecular weight is 412 g/mol. The van der Waals surface area contributed by atoms with Crippen LogP contribution in [0.3, 0.4) is 0 Å². The largest absolute Gasteiger partial charge is 0.493 e. The highest BCUT2D eigenvalue weighted by atomic mass is 16.5. The molecular weight excluding hydrogens is 378 g/mol. The molecule has 0 fully saturated rings. The fourth-order valence-electron chi connectivity index (χ4n) is 3.52. The van der Waals surface area contributed by atoms with E-state index in [1.165, 1.54) is 11.1 Å². The third-order valence-corrected chi connectivity index (χ3v) is 5.12. The number of nitrogens with one attached hydrogen (secondary N) is 2. The number of methoxy groups -OCH3 is 1. The van der Waals surface area contributed by atoms with Crippen molar-refractivity contribution in [3.63, 3.8) is 0 Å². The van der Waals surface area contributed by atoms with Gasteiger partial charge in [-0.05, 0) is 43.5 Å². The van der Waals surface area contributed by atoms with Gasteiger partial charge in [-0.2, -0.15) is 0 Å². The van der Waals surface area contributed by atoms with Crippen LogP contribution in [-0.2, 0) is 11.3 Å². The van der Waals surface area contributed by atoms with Crippen LogP contribution in [0.4, 0.5) is 0 Å². The van der Waals surface area contributed by atoms with E-state index >= 15 is 0 Å². The van der Waals surface area contributed by atoms with E-state index < -0.39 is 0 Å². The van der Waals surface area contributed by atoms with Crippen LogP contribution in [0.2, 0.25) is 0 Å². The molecule has 0 saturated heterocycles. The summed E-state index contributed by atoms with van der Waals surface area (Å²) in [6.07, 6.45) is 0.999. The molecule has 0 aliphatic carbocycles. The van der Waals surface area contributed by atoms with Crippen LogP contribution in [0.1, 0.15) is 36.0 Å². The summed E-state index contributed by atoms with van der Waals surface area (Å²) in [5, 5.41) is 6.85. The van der Waals surface area contributed by atoms with Crippen molar-refractivity contribution in [3.8, 4) is 11.5 Å². The second-order valence-electron chi connectivity index (χ2n) is 7.40. The van der Waals surface area contributed by atoms with Crippen molar-refractivity contribution < 1.29 is 14.2 Å². The molecule has 1 aliphatic heterocycles. The predicted molar refractivity (Wildman–Crippen MR) is 121 cm³/mol. The Morgan fingerprint density at radius 3 is 2.87 bits per heavy atom. The second-order valence-corrected chi connectivity index (χ2v) is 7.40. The summed E-state index contributed by atoms with van der Waals surface area (Å²) in [6, 6.07) is 14.5. The van der Waals surface area contributed by atoms with Gasteiger partial charge in [0.1, 0.15) is 18.1 Å². The maximum Gasteiger partial charge on any atom is 0.191 e. The lowest BCUT2D eigenvalue weighted by atomic mass is 9.93. The number of hydrogen-bond acceptors (Lipinski definition) is 4. The van der Waals surface area contributed by atoms with Gasteiger partial charge in [-0.1, -0.05) is 30.3 Å². The van der Waals surface area contributed by atoms with Crippen LogP contribution >= 0.6 is 0 Å². The van der Waals surface area contributed by atoms with Crippen LogP contribution in [0, 0.1) is 6.92 Å². The molecule has 2 aromatic carbocycles. The molecule has 0 saturated carbocycles. The van der Waals surface area contributed by atoms with E-state index in [1.54, 1.807) is 7.11 Å². The Balaban J connectivity index is 1.65. The van der Waals surface area contributed by atoms with Gasteiger partial charge in [-0.25, -0.2) is 4.99 Å². The zero-order valence-corrected chi connectivity index (χ0v) is 18.2. The smallest absolute Gasteiger partial charge is 0.191 e. The molecule has 0 spiro atoms. The Morgan fingerprint density at radius 2 is 2.03 bits per heavy atom. The van der Waals surface area contributed by atoms with E-state index in [4.69, 9.17) is 19.2 Å². The molecule has 162 valence electrons. The van der Waals surface area contributed by atoms with E-state index in [2.05, 4.69) is 54.8 Å². The number of guanidine groups is 1. The van der Waals surface area contributed by atoms with Crippen molar-refractivity contribution in [3.05, 3.63) is 59.2 Å². The lowest BCUT2D eigenvalue weighted by Crippen LogP contribution is -2.40. The standard InChI is InChI=1S/C24H33N3O3/c1-4-25-24(26-16-19-11-12-29-22-8-6-5-7-21(19)22)27-17-20-10-9-18(2)15-23(20)30-14-13-28-3/h5-10,15,19H,4,11-14,16-17H2,1-3H3,(H2,25,26,27). The first kappa shape index (κ1) is 22.0. The number of para-hydroxylation sites is 1. The topological polar surface area (TPSA) is 64.1 Å². The van der Waals surface area contributed by atoms with Crippen molar-refractivity contribution in [1.82, 2.24) is 10.6 Å². The lowest BCUT2D eigenvalue weighted by molar-refractivity contribution is 0.145. The van der Waals surface area contributed by atoms with Crippen LogP contribution in [0.15, 0.2) is 47.5 Å². The molecule has 2 N–H and O–H groups in total. The highest BCUT2D eigenvalue weighted by Gasteiger charge is 2.21. The molecule has 1 atom stereocenters. The molecule has 0 radical (unpaired) electrons. The maximum atomic E-state index is 5.90. The number of rotatable bonds is 9. The normalized spacial score (nSPS) is 15.8. The maximum absolute atomic E-state index is 5.90. The van der Waals surface area contributed by atoms with Gasteiger partial charge in [-0.3, -0.25) is 0 Å². The summed E-state index contributed by atoms with van der Waals surface area (Å²) in [4.78, 5) is 4.79. The zero-order chi connectivity index (χ0) is 21.2. The summed E-state index contributed by atoms with van der Waals surface area (Å²) in [7, 11) is 1.68. The molecule has 6 nitrogen and oxygen atoms in total. The quantitative estimate of drug-likeness (QED) is 0.375. The molecule has 0 bridgehead atoms. The van der Waals surface area contributed by atoms with Crippen LogP contribution < -0.4 is 20.1 Å². The highest BCUT2D eigenvalue weighted by Crippen LogP contribution is 2.32. The van der Waals surface area contributed by atoms with E-state index in [9.17, 15) is 0 Å². The number of nitrogens with zero attached hydrogens (tertiary/aromatic N) is 1. The van der Waals surface area contributed by atoms with Crippen molar-refractivity contribution >= 4 is 5.96 Å². The van der Waals surface area contributed by atoms with Crippen LogP contribution in [0.5, 0.6) is 11.5 Å². The van der Waals surface area contributed by atoms with Crippen molar-refractivity contribution in [2.45, 2.75) is 32.7 Å². The van der Waals surface area contributed by atoms with E-state index in [-0.39, 0.29) is 0 Å². The minimum Gasteiger partial charge on any atom is -0.493 e. The van der Waals surface area contributed by atoms with Gasteiger partial charge in [-0.15, -0.1) is 0 Å². The van der Waals surface area contributed by atoms with Crippen LogP contribution in [-0.4, -0.2) is 46.0 Å². The fourth-order valence-corrected chi connectivity index (χ4v) is 3.52. The molecule has 2 aromatic rings. The second kappa shape index (κ2) is 11.5. The molecule has 1 heterocycles. The summed E-state index contributed by atoms with van der Waals surface area (Å²) in [6.45, 7) is 8.15. The number of hydrogen-bond donors (Lipinski definition) is 2. The molecular formula is C24H33N3O3. The minimum absolute atomic E-state index is 0.408. The summed E-state index contributed by atoms with van der Waals surface area (Å²) in [5.74, 6) is 3.08. The Bertz CT molecular complexity index is 838. The zero-order valence-electron chi connectivity index (χ0n) is 18.2. The SMILES string of the molecule is CCNC(=NCc1ccc(C)cc1OCCOC)NCC1CCOc2ccccc21.